The molecule has 4 nitrogen and oxygen atoms in total. The molecular formula is C14H17F6N3O. The summed E-state index contributed by atoms with van der Waals surface area (Å²) in [5.41, 5.74) is -3.11. The number of carbonyl (C=O) groups is 1. The van der Waals surface area contributed by atoms with Crippen LogP contribution in [0, 0.1) is 0 Å². The average molecular weight is 357 g/mol. The number of hydrogen-bond donors (Lipinski definition) is 2. The monoisotopic (exact) mass is 357 g/mol. The fraction of sp³-hybridized carbons (Fsp3) is 0.500. The number of likely N-dealkylation sites (N-methyl/N-ethyl adjacent to an activating group) is 2. The lowest BCUT2D eigenvalue weighted by Gasteiger charge is -2.18. The van der Waals surface area contributed by atoms with Gasteiger partial charge in [0.15, 0.2) is 0 Å². The minimum atomic E-state index is -4.91. The van der Waals surface area contributed by atoms with Gasteiger partial charge in [-0.2, -0.15) is 26.3 Å². The van der Waals surface area contributed by atoms with Crippen LogP contribution < -0.4 is 10.6 Å². The van der Waals surface area contributed by atoms with E-state index >= 15 is 0 Å². The molecule has 0 spiro atoms. The lowest BCUT2D eigenvalue weighted by Crippen LogP contribution is -2.40. The molecule has 0 aliphatic carbocycles. The number of rotatable bonds is 5. The zero-order valence-corrected chi connectivity index (χ0v) is 13.0. The summed E-state index contributed by atoms with van der Waals surface area (Å²) in [5.74, 6) is 0. The molecular weight excluding hydrogens is 340 g/mol. The summed E-state index contributed by atoms with van der Waals surface area (Å²) in [5, 5.41) is 5.09. The van der Waals surface area contributed by atoms with E-state index < -0.39 is 36.1 Å². The Balaban J connectivity index is 2.93. The summed E-state index contributed by atoms with van der Waals surface area (Å²) < 4.78 is 76.4. The number of halogens is 6. The maximum atomic E-state index is 12.7. The summed E-state index contributed by atoms with van der Waals surface area (Å²) in [4.78, 5) is 13.0. The molecule has 0 heterocycles. The van der Waals surface area contributed by atoms with Crippen molar-refractivity contribution in [2.75, 3.05) is 27.2 Å². The minimum absolute atomic E-state index is 0.0460. The normalized spacial score (nSPS) is 12.2. The van der Waals surface area contributed by atoms with E-state index in [1.54, 1.807) is 7.05 Å². The molecule has 10 heteroatoms. The highest BCUT2D eigenvalue weighted by molar-refractivity contribution is 5.73. The first kappa shape index (κ1) is 20.1. The summed E-state index contributed by atoms with van der Waals surface area (Å²) in [6.07, 6.45) is -9.83. The van der Waals surface area contributed by atoms with E-state index in [2.05, 4.69) is 10.6 Å². The van der Waals surface area contributed by atoms with Crippen LogP contribution in [0.25, 0.3) is 0 Å². The van der Waals surface area contributed by atoms with Crippen LogP contribution in [0.3, 0.4) is 0 Å². The van der Waals surface area contributed by atoms with E-state index in [1.807, 2.05) is 0 Å². The predicted molar refractivity (Wildman–Crippen MR) is 75.2 cm³/mol. The fourth-order valence-electron chi connectivity index (χ4n) is 1.82. The van der Waals surface area contributed by atoms with E-state index in [9.17, 15) is 31.1 Å². The number of nitrogens with one attached hydrogen (secondary N) is 2. The van der Waals surface area contributed by atoms with E-state index in [-0.39, 0.29) is 11.6 Å². The standard InChI is InChI=1S/C14H17F6N3O/c1-21-3-4-23(2)12(24)22-8-9-5-10(13(15,16)17)7-11(6-9)14(18,19)20/h5-7,21H,3-4,8H2,1-2H3,(H,22,24). The highest BCUT2D eigenvalue weighted by Gasteiger charge is 2.36. The maximum Gasteiger partial charge on any atom is 0.416 e. The predicted octanol–water partition coefficient (Wildman–Crippen LogP) is 3.09. The van der Waals surface area contributed by atoms with Crippen LogP contribution in [0.15, 0.2) is 18.2 Å². The first-order chi connectivity index (χ1) is 10.9. The molecule has 136 valence electrons. The van der Waals surface area contributed by atoms with Crippen molar-refractivity contribution in [2.45, 2.75) is 18.9 Å². The number of nitrogens with zero attached hydrogens (tertiary/aromatic N) is 1. The second-order valence-corrected chi connectivity index (χ2v) is 5.10. The van der Waals surface area contributed by atoms with Crippen molar-refractivity contribution in [3.05, 3.63) is 34.9 Å². The van der Waals surface area contributed by atoms with Crippen LogP contribution in [0.2, 0.25) is 0 Å². The number of urea groups is 1. The molecule has 0 atom stereocenters. The number of benzene rings is 1. The molecule has 0 radical (unpaired) electrons. The van der Waals surface area contributed by atoms with Gasteiger partial charge in [-0.25, -0.2) is 4.79 Å². The molecule has 1 aromatic carbocycles. The summed E-state index contributed by atoms with van der Waals surface area (Å²) in [6, 6.07) is 0.618. The topological polar surface area (TPSA) is 44.4 Å². The van der Waals surface area contributed by atoms with Gasteiger partial charge in [-0.1, -0.05) is 0 Å². The summed E-state index contributed by atoms with van der Waals surface area (Å²) >= 11 is 0. The van der Waals surface area contributed by atoms with E-state index in [0.29, 0.717) is 25.2 Å². The Morgan fingerprint density at radius 2 is 1.54 bits per heavy atom. The van der Waals surface area contributed by atoms with Gasteiger partial charge in [0, 0.05) is 26.7 Å². The van der Waals surface area contributed by atoms with Crippen molar-refractivity contribution in [2.24, 2.45) is 0 Å². The van der Waals surface area contributed by atoms with Crippen LogP contribution in [0.1, 0.15) is 16.7 Å². The zero-order valence-electron chi connectivity index (χ0n) is 13.0. The van der Waals surface area contributed by atoms with Crippen molar-refractivity contribution < 1.29 is 31.1 Å². The van der Waals surface area contributed by atoms with Crippen LogP contribution in [0.5, 0.6) is 0 Å². The Kier molecular flexibility index (Phi) is 6.47. The Hall–Kier alpha value is -1.97. The molecule has 0 aromatic heterocycles. The van der Waals surface area contributed by atoms with Gasteiger partial charge in [0.05, 0.1) is 11.1 Å². The minimum Gasteiger partial charge on any atom is -0.334 e. The van der Waals surface area contributed by atoms with Crippen LogP contribution in [-0.4, -0.2) is 38.1 Å². The Morgan fingerprint density at radius 1 is 1.04 bits per heavy atom. The van der Waals surface area contributed by atoms with Crippen molar-refractivity contribution in [3.8, 4) is 0 Å². The van der Waals surface area contributed by atoms with Gasteiger partial charge in [0.1, 0.15) is 0 Å². The maximum absolute atomic E-state index is 12.7. The Labute approximate surface area is 134 Å². The first-order valence-corrected chi connectivity index (χ1v) is 6.87. The van der Waals surface area contributed by atoms with Crippen LogP contribution in [0.4, 0.5) is 31.1 Å². The highest BCUT2D eigenvalue weighted by atomic mass is 19.4. The molecule has 0 unspecified atom stereocenters. The molecule has 0 fully saturated rings. The van der Waals surface area contributed by atoms with Gasteiger partial charge in [-0.3, -0.25) is 0 Å². The third kappa shape index (κ3) is 5.91. The third-order valence-corrected chi connectivity index (χ3v) is 3.14. The number of amides is 2. The largest absolute Gasteiger partial charge is 0.416 e. The lowest BCUT2D eigenvalue weighted by molar-refractivity contribution is -0.143. The van der Waals surface area contributed by atoms with Gasteiger partial charge in [0.25, 0.3) is 0 Å². The number of alkyl halides is 6. The van der Waals surface area contributed by atoms with Crippen molar-refractivity contribution >= 4 is 6.03 Å². The molecule has 0 aliphatic heterocycles. The van der Waals surface area contributed by atoms with Crippen LogP contribution in [-0.2, 0) is 18.9 Å². The zero-order chi connectivity index (χ0) is 18.5. The van der Waals surface area contributed by atoms with Gasteiger partial charge in [-0.15, -0.1) is 0 Å². The summed E-state index contributed by atoms with van der Waals surface area (Å²) in [6.45, 7) is 0.375. The van der Waals surface area contributed by atoms with Gasteiger partial charge in [0.2, 0.25) is 0 Å². The van der Waals surface area contributed by atoms with Gasteiger partial charge >= 0.3 is 18.4 Å². The summed E-state index contributed by atoms with van der Waals surface area (Å²) in [7, 11) is 3.13. The molecule has 2 amide bonds. The van der Waals surface area contributed by atoms with Crippen molar-refractivity contribution in [1.29, 1.82) is 0 Å². The SMILES string of the molecule is CNCCN(C)C(=O)NCc1cc(C(F)(F)F)cc(C(F)(F)F)c1. The Bertz CT molecular complexity index is 538. The quantitative estimate of drug-likeness (QED) is 0.796. The molecule has 0 saturated carbocycles. The highest BCUT2D eigenvalue weighted by Crippen LogP contribution is 2.36. The fourth-order valence-corrected chi connectivity index (χ4v) is 1.82. The number of hydrogen-bond acceptors (Lipinski definition) is 2. The van der Waals surface area contributed by atoms with Crippen LogP contribution >= 0.6 is 0 Å². The molecule has 24 heavy (non-hydrogen) atoms. The van der Waals surface area contributed by atoms with Gasteiger partial charge < -0.3 is 15.5 Å². The molecule has 1 aromatic rings. The smallest absolute Gasteiger partial charge is 0.334 e. The first-order valence-electron chi connectivity index (χ1n) is 6.87. The molecule has 0 bridgehead atoms. The average Bonchev–Trinajstić information content (AvgIpc) is 2.48. The second-order valence-electron chi connectivity index (χ2n) is 5.10. The molecule has 0 saturated heterocycles. The van der Waals surface area contributed by atoms with E-state index in [1.165, 1.54) is 11.9 Å². The van der Waals surface area contributed by atoms with Gasteiger partial charge in [-0.05, 0) is 30.8 Å². The molecule has 2 N–H and O–H groups in total. The van der Waals surface area contributed by atoms with Crippen molar-refractivity contribution in [3.63, 3.8) is 0 Å². The van der Waals surface area contributed by atoms with E-state index in [0.717, 1.165) is 0 Å². The number of carbonyl (C=O) groups excluding carboxylic acids is 1. The van der Waals surface area contributed by atoms with Crippen molar-refractivity contribution in [1.82, 2.24) is 15.5 Å². The van der Waals surface area contributed by atoms with E-state index in [4.69, 9.17) is 0 Å². The molecule has 1 rings (SSSR count). The Morgan fingerprint density at radius 3 is 1.96 bits per heavy atom. The molecule has 0 aliphatic rings. The third-order valence-electron chi connectivity index (χ3n) is 3.14. The second kappa shape index (κ2) is 7.73. The lowest BCUT2D eigenvalue weighted by atomic mass is 10.0.